The highest BCUT2D eigenvalue weighted by atomic mass is 16.6. The van der Waals surface area contributed by atoms with E-state index in [0.29, 0.717) is 17.6 Å². The van der Waals surface area contributed by atoms with Crippen molar-refractivity contribution in [3.8, 4) is 0 Å². The van der Waals surface area contributed by atoms with Crippen molar-refractivity contribution in [1.29, 1.82) is 0 Å². The van der Waals surface area contributed by atoms with Crippen LogP contribution in [0.15, 0.2) is 30.3 Å². The predicted octanol–water partition coefficient (Wildman–Crippen LogP) is 3.69. The molecule has 106 valence electrons. The molecule has 1 heterocycles. The van der Waals surface area contributed by atoms with E-state index >= 15 is 0 Å². The van der Waals surface area contributed by atoms with Crippen LogP contribution in [0.2, 0.25) is 0 Å². The van der Waals surface area contributed by atoms with Crippen LogP contribution < -0.4 is 0 Å². The van der Waals surface area contributed by atoms with Gasteiger partial charge in [0.1, 0.15) is 0 Å². The summed E-state index contributed by atoms with van der Waals surface area (Å²) in [6.07, 6.45) is 8.94. The third-order valence-corrected chi connectivity index (χ3v) is 5.82. The molecule has 2 nitrogen and oxygen atoms in total. The zero-order chi connectivity index (χ0) is 13.2. The van der Waals surface area contributed by atoms with Crippen LogP contribution in [0.25, 0.3) is 0 Å². The van der Waals surface area contributed by atoms with Gasteiger partial charge in [-0.2, -0.15) is 0 Å². The molecule has 20 heavy (non-hydrogen) atoms. The third-order valence-electron chi connectivity index (χ3n) is 5.82. The molecule has 4 fully saturated rings. The molecular weight excluding hydrogens is 248 g/mol. The molecule has 0 N–H and O–H groups in total. The molecule has 3 saturated carbocycles. The Labute approximate surface area is 120 Å². The van der Waals surface area contributed by atoms with Crippen molar-refractivity contribution < 1.29 is 9.47 Å². The fourth-order valence-electron chi connectivity index (χ4n) is 4.29. The molecule has 2 heteroatoms. The van der Waals surface area contributed by atoms with Gasteiger partial charge in [-0.1, -0.05) is 30.3 Å². The molecule has 0 amide bonds. The summed E-state index contributed by atoms with van der Waals surface area (Å²) < 4.78 is 12.6. The Hall–Kier alpha value is -0.860. The van der Waals surface area contributed by atoms with Crippen molar-refractivity contribution >= 4 is 0 Å². The van der Waals surface area contributed by atoms with E-state index in [2.05, 4.69) is 30.3 Å². The first-order valence-corrected chi connectivity index (χ1v) is 8.10. The van der Waals surface area contributed by atoms with Crippen LogP contribution in [0.5, 0.6) is 0 Å². The first kappa shape index (κ1) is 11.8. The van der Waals surface area contributed by atoms with Gasteiger partial charge in [-0.05, 0) is 49.0 Å². The third kappa shape index (κ3) is 1.93. The van der Waals surface area contributed by atoms with E-state index in [4.69, 9.17) is 9.47 Å². The Morgan fingerprint density at radius 3 is 2.80 bits per heavy atom. The van der Waals surface area contributed by atoms with Crippen LogP contribution in [0, 0.1) is 11.3 Å². The monoisotopic (exact) mass is 270 g/mol. The summed E-state index contributed by atoms with van der Waals surface area (Å²) in [7, 11) is 0. The molecule has 4 atom stereocenters. The number of rotatable bonds is 3. The van der Waals surface area contributed by atoms with E-state index < -0.39 is 0 Å². The lowest BCUT2D eigenvalue weighted by atomic mass is 9.91. The Morgan fingerprint density at radius 1 is 1.15 bits per heavy atom. The molecule has 1 aromatic carbocycles. The summed E-state index contributed by atoms with van der Waals surface area (Å²) in [6.45, 7) is 0.734. The van der Waals surface area contributed by atoms with Crippen LogP contribution in [0.3, 0.4) is 0 Å². The Kier molecular flexibility index (Phi) is 2.27. The number of ether oxygens (including phenoxy) is 2. The summed E-state index contributed by atoms with van der Waals surface area (Å²) in [5.74, 6) is 0.882. The van der Waals surface area contributed by atoms with Crippen LogP contribution >= 0.6 is 0 Å². The number of benzene rings is 1. The summed E-state index contributed by atoms with van der Waals surface area (Å²) >= 11 is 0. The zero-order valence-corrected chi connectivity index (χ0v) is 11.9. The largest absolute Gasteiger partial charge is 0.370 e. The number of hydrogen-bond donors (Lipinski definition) is 0. The average Bonchev–Trinajstić information content (AvgIpc) is 3.36. The fourth-order valence-corrected chi connectivity index (χ4v) is 4.29. The second kappa shape index (κ2) is 3.86. The Balaban J connectivity index is 1.26. The lowest BCUT2D eigenvalue weighted by molar-refractivity contribution is -0.0434. The summed E-state index contributed by atoms with van der Waals surface area (Å²) in [6, 6.07) is 10.5. The highest BCUT2D eigenvalue weighted by molar-refractivity contribution is 5.19. The summed E-state index contributed by atoms with van der Waals surface area (Å²) in [5, 5.41) is 0. The molecule has 1 aromatic rings. The average molecular weight is 270 g/mol. The minimum absolute atomic E-state index is 0.0984. The molecule has 1 aliphatic heterocycles. The first-order chi connectivity index (χ1) is 9.77. The smallest absolute Gasteiger partial charge is 0.0979 e. The van der Waals surface area contributed by atoms with Gasteiger partial charge < -0.3 is 9.47 Å². The molecule has 0 radical (unpaired) electrons. The van der Waals surface area contributed by atoms with Gasteiger partial charge in [-0.15, -0.1) is 0 Å². The van der Waals surface area contributed by atoms with Gasteiger partial charge in [-0.3, -0.25) is 0 Å². The van der Waals surface area contributed by atoms with Gasteiger partial charge in [0.2, 0.25) is 0 Å². The minimum atomic E-state index is 0.0984. The van der Waals surface area contributed by atoms with Crippen molar-refractivity contribution in [1.82, 2.24) is 0 Å². The van der Waals surface area contributed by atoms with E-state index in [9.17, 15) is 0 Å². The van der Waals surface area contributed by atoms with Crippen LogP contribution in [0.4, 0.5) is 0 Å². The molecule has 5 rings (SSSR count). The zero-order valence-electron chi connectivity index (χ0n) is 11.9. The molecule has 4 unspecified atom stereocenters. The number of fused-ring (bicyclic) bond motifs is 1. The van der Waals surface area contributed by atoms with Gasteiger partial charge in [0.05, 0.1) is 24.4 Å². The van der Waals surface area contributed by atoms with Gasteiger partial charge in [0, 0.05) is 6.42 Å². The number of hydrogen-bond acceptors (Lipinski definition) is 2. The lowest BCUT2D eigenvalue weighted by Gasteiger charge is -2.21. The van der Waals surface area contributed by atoms with Crippen molar-refractivity contribution in [2.45, 2.75) is 62.9 Å². The molecule has 2 spiro atoms. The van der Waals surface area contributed by atoms with Crippen LogP contribution in [-0.4, -0.2) is 17.8 Å². The van der Waals surface area contributed by atoms with E-state index in [-0.39, 0.29) is 5.60 Å². The highest BCUT2D eigenvalue weighted by Crippen LogP contribution is 2.68. The molecule has 0 bridgehead atoms. The second-order valence-electron chi connectivity index (χ2n) is 7.59. The van der Waals surface area contributed by atoms with E-state index in [0.717, 1.165) is 18.9 Å². The van der Waals surface area contributed by atoms with E-state index in [1.54, 1.807) is 0 Å². The normalized spacial score (nSPS) is 43.1. The van der Waals surface area contributed by atoms with Crippen molar-refractivity contribution in [2.75, 3.05) is 0 Å². The van der Waals surface area contributed by atoms with Crippen LogP contribution in [0.1, 0.15) is 44.1 Å². The molecule has 3 aliphatic carbocycles. The summed E-state index contributed by atoms with van der Waals surface area (Å²) in [4.78, 5) is 0. The predicted molar refractivity (Wildman–Crippen MR) is 76.2 cm³/mol. The Morgan fingerprint density at radius 2 is 2.00 bits per heavy atom. The lowest BCUT2D eigenvalue weighted by Crippen LogP contribution is -2.24. The molecular formula is C18H22O2. The van der Waals surface area contributed by atoms with E-state index in [1.165, 1.54) is 37.7 Å². The maximum Gasteiger partial charge on any atom is 0.0979 e. The minimum Gasteiger partial charge on any atom is -0.370 e. The van der Waals surface area contributed by atoms with Gasteiger partial charge in [0.25, 0.3) is 0 Å². The highest BCUT2D eigenvalue weighted by Gasteiger charge is 2.68. The van der Waals surface area contributed by atoms with Gasteiger partial charge >= 0.3 is 0 Å². The maximum atomic E-state index is 6.44. The first-order valence-electron chi connectivity index (χ1n) is 8.10. The Bertz CT molecular complexity index is 521. The van der Waals surface area contributed by atoms with Crippen molar-refractivity contribution in [2.24, 2.45) is 11.3 Å². The van der Waals surface area contributed by atoms with Gasteiger partial charge in [-0.25, -0.2) is 0 Å². The maximum absolute atomic E-state index is 6.44. The fraction of sp³-hybridized carbons (Fsp3) is 0.667. The van der Waals surface area contributed by atoms with Crippen molar-refractivity contribution in [3.63, 3.8) is 0 Å². The van der Waals surface area contributed by atoms with Gasteiger partial charge in [0.15, 0.2) is 0 Å². The standard InChI is InChI=1S/C18H22O2/c1-2-4-13(5-3-1)11-19-16-10-18(16)12-17(6-7-17)9-14-8-15(14)20-18/h1-5,14-16H,6-12H2. The molecule has 0 aromatic heterocycles. The quantitative estimate of drug-likeness (QED) is 0.834. The topological polar surface area (TPSA) is 18.5 Å². The van der Waals surface area contributed by atoms with Crippen molar-refractivity contribution in [3.05, 3.63) is 35.9 Å². The van der Waals surface area contributed by atoms with Crippen LogP contribution in [-0.2, 0) is 16.1 Å². The second-order valence-corrected chi connectivity index (χ2v) is 7.59. The molecule has 4 aliphatic rings. The SMILES string of the molecule is c1ccc(COC2CC23CC2(CC2)CC2CC2O3)cc1. The summed E-state index contributed by atoms with van der Waals surface area (Å²) in [5.41, 5.74) is 2.02. The van der Waals surface area contributed by atoms with E-state index in [1.807, 2.05) is 0 Å². The molecule has 1 saturated heterocycles.